The SMILES string of the molecule is CN(C(=O)CC1CCCNC1)c1ccncc1. The first-order chi connectivity index (χ1) is 8.27. The van der Waals surface area contributed by atoms with Gasteiger partial charge >= 0.3 is 0 Å². The lowest BCUT2D eigenvalue weighted by atomic mass is 9.95. The number of anilines is 1. The molecule has 1 fully saturated rings. The second-order valence-corrected chi connectivity index (χ2v) is 4.57. The number of nitrogens with zero attached hydrogens (tertiary/aromatic N) is 2. The van der Waals surface area contributed by atoms with Crippen LogP contribution in [0.25, 0.3) is 0 Å². The van der Waals surface area contributed by atoms with E-state index in [-0.39, 0.29) is 5.91 Å². The van der Waals surface area contributed by atoms with E-state index >= 15 is 0 Å². The van der Waals surface area contributed by atoms with Gasteiger partial charge in [-0.15, -0.1) is 0 Å². The van der Waals surface area contributed by atoms with Gasteiger partial charge in [-0.2, -0.15) is 0 Å². The van der Waals surface area contributed by atoms with Crippen molar-refractivity contribution >= 4 is 11.6 Å². The Morgan fingerprint density at radius 1 is 1.53 bits per heavy atom. The van der Waals surface area contributed by atoms with Gasteiger partial charge in [0.15, 0.2) is 0 Å². The monoisotopic (exact) mass is 233 g/mol. The van der Waals surface area contributed by atoms with Crippen molar-refractivity contribution in [2.45, 2.75) is 19.3 Å². The highest BCUT2D eigenvalue weighted by atomic mass is 16.2. The molecular weight excluding hydrogens is 214 g/mol. The summed E-state index contributed by atoms with van der Waals surface area (Å²) in [6.07, 6.45) is 6.38. The fourth-order valence-corrected chi connectivity index (χ4v) is 2.19. The molecular formula is C13H19N3O. The van der Waals surface area contributed by atoms with Crippen LogP contribution in [-0.2, 0) is 4.79 Å². The third-order valence-electron chi connectivity index (χ3n) is 3.29. The summed E-state index contributed by atoms with van der Waals surface area (Å²) in [5.41, 5.74) is 0.911. The molecule has 1 atom stereocenters. The summed E-state index contributed by atoms with van der Waals surface area (Å²) >= 11 is 0. The normalized spacial score (nSPS) is 19.9. The Kier molecular flexibility index (Phi) is 4.09. The van der Waals surface area contributed by atoms with Crippen LogP contribution in [-0.4, -0.2) is 31.0 Å². The standard InChI is InChI=1S/C13H19N3O/c1-16(12-4-7-14-8-5-12)13(17)9-11-3-2-6-15-10-11/h4-5,7-8,11,15H,2-3,6,9-10H2,1H3. The van der Waals surface area contributed by atoms with Crippen molar-refractivity contribution in [1.82, 2.24) is 10.3 Å². The van der Waals surface area contributed by atoms with E-state index in [0.29, 0.717) is 12.3 Å². The van der Waals surface area contributed by atoms with Crippen LogP contribution in [0.4, 0.5) is 5.69 Å². The fraction of sp³-hybridized carbons (Fsp3) is 0.538. The molecule has 2 rings (SSSR count). The topological polar surface area (TPSA) is 45.2 Å². The van der Waals surface area contributed by atoms with Crippen LogP contribution < -0.4 is 10.2 Å². The van der Waals surface area contributed by atoms with E-state index in [4.69, 9.17) is 0 Å². The molecule has 1 amide bonds. The van der Waals surface area contributed by atoms with Gasteiger partial charge in [-0.05, 0) is 44.0 Å². The number of piperidine rings is 1. The largest absolute Gasteiger partial charge is 0.316 e. The van der Waals surface area contributed by atoms with E-state index in [9.17, 15) is 4.79 Å². The van der Waals surface area contributed by atoms with Crippen LogP contribution in [0, 0.1) is 5.92 Å². The van der Waals surface area contributed by atoms with Crippen molar-refractivity contribution in [3.8, 4) is 0 Å². The summed E-state index contributed by atoms with van der Waals surface area (Å²) in [6, 6.07) is 3.72. The lowest BCUT2D eigenvalue weighted by molar-refractivity contribution is -0.119. The van der Waals surface area contributed by atoms with Gasteiger partial charge in [0.05, 0.1) is 0 Å². The Balaban J connectivity index is 1.91. The molecule has 0 saturated carbocycles. The van der Waals surface area contributed by atoms with E-state index < -0.39 is 0 Å². The number of rotatable bonds is 3. The Labute approximate surface area is 102 Å². The van der Waals surface area contributed by atoms with Gasteiger partial charge < -0.3 is 10.2 Å². The minimum atomic E-state index is 0.185. The highest BCUT2D eigenvalue weighted by Gasteiger charge is 2.19. The predicted molar refractivity (Wildman–Crippen MR) is 67.9 cm³/mol. The molecule has 2 heterocycles. The smallest absolute Gasteiger partial charge is 0.227 e. The van der Waals surface area contributed by atoms with Crippen molar-refractivity contribution in [2.75, 3.05) is 25.0 Å². The van der Waals surface area contributed by atoms with E-state index in [1.54, 1.807) is 17.3 Å². The zero-order valence-electron chi connectivity index (χ0n) is 10.2. The number of nitrogens with one attached hydrogen (secondary N) is 1. The van der Waals surface area contributed by atoms with Crippen LogP contribution in [0.5, 0.6) is 0 Å². The van der Waals surface area contributed by atoms with Gasteiger partial charge in [0, 0.05) is 31.5 Å². The summed E-state index contributed by atoms with van der Waals surface area (Å²) in [5, 5.41) is 3.34. The third kappa shape index (κ3) is 3.27. The number of amides is 1. The number of aromatic nitrogens is 1. The highest BCUT2D eigenvalue weighted by molar-refractivity contribution is 5.92. The first-order valence-corrected chi connectivity index (χ1v) is 6.14. The fourth-order valence-electron chi connectivity index (χ4n) is 2.19. The summed E-state index contributed by atoms with van der Waals surface area (Å²) < 4.78 is 0. The summed E-state index contributed by atoms with van der Waals surface area (Å²) in [7, 11) is 1.83. The number of hydrogen-bond acceptors (Lipinski definition) is 3. The zero-order chi connectivity index (χ0) is 12.1. The zero-order valence-corrected chi connectivity index (χ0v) is 10.2. The Morgan fingerprint density at radius 3 is 2.94 bits per heavy atom. The quantitative estimate of drug-likeness (QED) is 0.859. The molecule has 0 spiro atoms. The molecule has 1 aliphatic heterocycles. The van der Waals surface area contributed by atoms with Crippen molar-refractivity contribution in [1.29, 1.82) is 0 Å². The molecule has 1 aliphatic rings. The molecule has 0 bridgehead atoms. The molecule has 17 heavy (non-hydrogen) atoms. The second-order valence-electron chi connectivity index (χ2n) is 4.57. The average Bonchev–Trinajstić information content (AvgIpc) is 2.40. The Morgan fingerprint density at radius 2 is 2.29 bits per heavy atom. The van der Waals surface area contributed by atoms with Crippen LogP contribution in [0.3, 0.4) is 0 Å². The van der Waals surface area contributed by atoms with Crippen LogP contribution in [0.15, 0.2) is 24.5 Å². The average molecular weight is 233 g/mol. The van der Waals surface area contributed by atoms with Crippen LogP contribution in [0.1, 0.15) is 19.3 Å². The first kappa shape index (κ1) is 12.0. The van der Waals surface area contributed by atoms with Gasteiger partial charge in [0.25, 0.3) is 0 Å². The maximum Gasteiger partial charge on any atom is 0.227 e. The van der Waals surface area contributed by atoms with Crippen molar-refractivity contribution in [3.05, 3.63) is 24.5 Å². The lowest BCUT2D eigenvalue weighted by Crippen LogP contribution is -2.35. The molecule has 0 aliphatic carbocycles. The molecule has 1 N–H and O–H groups in total. The minimum Gasteiger partial charge on any atom is -0.316 e. The molecule has 1 aromatic heterocycles. The number of hydrogen-bond donors (Lipinski definition) is 1. The third-order valence-corrected chi connectivity index (χ3v) is 3.29. The predicted octanol–water partition coefficient (Wildman–Crippen LogP) is 1.43. The Bertz CT molecular complexity index is 360. The molecule has 92 valence electrons. The van der Waals surface area contributed by atoms with E-state index in [1.165, 1.54) is 6.42 Å². The molecule has 4 heteroatoms. The summed E-state index contributed by atoms with van der Waals surface area (Å²) in [5.74, 6) is 0.672. The van der Waals surface area contributed by atoms with E-state index in [0.717, 1.165) is 25.2 Å². The van der Waals surface area contributed by atoms with E-state index in [1.807, 2.05) is 19.2 Å². The first-order valence-electron chi connectivity index (χ1n) is 6.14. The number of carbonyl (C=O) groups is 1. The van der Waals surface area contributed by atoms with Crippen molar-refractivity contribution in [3.63, 3.8) is 0 Å². The van der Waals surface area contributed by atoms with Gasteiger partial charge in [-0.3, -0.25) is 9.78 Å². The molecule has 1 saturated heterocycles. The van der Waals surface area contributed by atoms with Crippen LogP contribution in [0.2, 0.25) is 0 Å². The molecule has 1 aromatic rings. The highest BCUT2D eigenvalue weighted by Crippen LogP contribution is 2.18. The summed E-state index contributed by atoms with van der Waals surface area (Å²) in [4.78, 5) is 17.8. The Hall–Kier alpha value is -1.42. The van der Waals surface area contributed by atoms with Gasteiger partial charge in [-0.1, -0.05) is 0 Å². The maximum atomic E-state index is 12.1. The van der Waals surface area contributed by atoms with Crippen molar-refractivity contribution < 1.29 is 4.79 Å². The lowest BCUT2D eigenvalue weighted by Gasteiger charge is -2.25. The van der Waals surface area contributed by atoms with Crippen molar-refractivity contribution in [2.24, 2.45) is 5.92 Å². The second kappa shape index (κ2) is 5.77. The number of carbonyl (C=O) groups excluding carboxylic acids is 1. The van der Waals surface area contributed by atoms with Gasteiger partial charge in [-0.25, -0.2) is 0 Å². The molecule has 0 radical (unpaired) electrons. The molecule has 0 aromatic carbocycles. The van der Waals surface area contributed by atoms with E-state index in [2.05, 4.69) is 10.3 Å². The summed E-state index contributed by atoms with van der Waals surface area (Å²) in [6.45, 7) is 2.06. The maximum absolute atomic E-state index is 12.1. The molecule has 4 nitrogen and oxygen atoms in total. The van der Waals surface area contributed by atoms with Gasteiger partial charge in [0.1, 0.15) is 0 Å². The minimum absolute atomic E-state index is 0.185. The van der Waals surface area contributed by atoms with Gasteiger partial charge in [0.2, 0.25) is 5.91 Å². The van der Waals surface area contributed by atoms with Crippen LogP contribution >= 0.6 is 0 Å². The number of pyridine rings is 1. The molecule has 1 unspecified atom stereocenters.